The van der Waals surface area contributed by atoms with Crippen LogP contribution in [0.4, 0.5) is 0 Å². The van der Waals surface area contributed by atoms with Gasteiger partial charge >= 0.3 is 0 Å². The molecule has 0 fully saturated rings. The molecule has 0 spiro atoms. The summed E-state index contributed by atoms with van der Waals surface area (Å²) >= 11 is 3.67. The number of methoxy groups -OCH3 is 1. The van der Waals surface area contributed by atoms with E-state index in [0.717, 1.165) is 38.6 Å². The lowest BCUT2D eigenvalue weighted by atomic mass is 10.0. The van der Waals surface area contributed by atoms with E-state index in [0.29, 0.717) is 12.6 Å². The molecule has 2 heterocycles. The molecule has 0 saturated carbocycles. The molecule has 3 rings (SSSR count). The Balaban J connectivity index is 1.72. The van der Waals surface area contributed by atoms with Gasteiger partial charge in [0.1, 0.15) is 0 Å². The molecule has 1 aromatic carbocycles. The number of hydrogen-bond acceptors (Lipinski definition) is 5. The fraction of sp³-hybridized carbons (Fsp3) is 0.476. The first-order valence-corrected chi connectivity index (χ1v) is 11.7. The van der Waals surface area contributed by atoms with E-state index in [1.807, 2.05) is 18.4 Å². The lowest BCUT2D eigenvalue weighted by molar-refractivity contribution is 0.180. The van der Waals surface area contributed by atoms with E-state index in [9.17, 15) is 0 Å². The molecule has 28 heavy (non-hydrogen) atoms. The molecule has 0 radical (unpaired) electrons. The first kappa shape index (κ1) is 21.2. The van der Waals surface area contributed by atoms with E-state index in [1.165, 1.54) is 20.9 Å². The van der Waals surface area contributed by atoms with Crippen molar-refractivity contribution in [2.24, 2.45) is 4.99 Å². The van der Waals surface area contributed by atoms with Crippen LogP contribution in [0.15, 0.2) is 45.6 Å². The summed E-state index contributed by atoms with van der Waals surface area (Å²) in [5, 5.41) is 9.03. The SMILES string of the molecule is CN=C(NCCOC)NCC(c1ccc(SC)cc1)N1CCc2sccc2C1. The Hall–Kier alpha value is -1.54. The third-order valence-electron chi connectivity index (χ3n) is 5.06. The van der Waals surface area contributed by atoms with Gasteiger partial charge in [-0.2, -0.15) is 0 Å². The third-order valence-corrected chi connectivity index (χ3v) is 6.83. The van der Waals surface area contributed by atoms with Crippen LogP contribution in [0, 0.1) is 0 Å². The van der Waals surface area contributed by atoms with E-state index in [4.69, 9.17) is 4.74 Å². The van der Waals surface area contributed by atoms with Crippen LogP contribution in [-0.4, -0.2) is 57.5 Å². The molecular weight excluding hydrogens is 388 g/mol. The van der Waals surface area contributed by atoms with Gasteiger partial charge in [0.15, 0.2) is 5.96 Å². The normalized spacial score (nSPS) is 15.9. The number of fused-ring (bicyclic) bond motifs is 1. The second-order valence-corrected chi connectivity index (χ2v) is 8.63. The van der Waals surface area contributed by atoms with Crippen molar-refractivity contribution in [2.75, 3.05) is 46.7 Å². The molecule has 1 aliphatic heterocycles. The van der Waals surface area contributed by atoms with Crippen molar-refractivity contribution in [3.8, 4) is 0 Å². The Morgan fingerprint density at radius 3 is 2.82 bits per heavy atom. The molecule has 5 nitrogen and oxygen atoms in total. The van der Waals surface area contributed by atoms with Crippen LogP contribution in [0.2, 0.25) is 0 Å². The van der Waals surface area contributed by atoms with Crippen molar-refractivity contribution < 1.29 is 4.74 Å². The van der Waals surface area contributed by atoms with Crippen molar-refractivity contribution in [3.63, 3.8) is 0 Å². The average molecular weight is 419 g/mol. The highest BCUT2D eigenvalue weighted by Gasteiger charge is 2.25. The highest BCUT2D eigenvalue weighted by atomic mass is 32.2. The topological polar surface area (TPSA) is 48.9 Å². The number of ether oxygens (including phenoxy) is 1. The monoisotopic (exact) mass is 418 g/mol. The molecule has 0 amide bonds. The minimum absolute atomic E-state index is 0.296. The molecule has 7 heteroatoms. The molecule has 2 N–H and O–H groups in total. The van der Waals surface area contributed by atoms with Crippen molar-refractivity contribution >= 4 is 29.1 Å². The number of aliphatic imine (C=N–C) groups is 1. The van der Waals surface area contributed by atoms with Crippen molar-refractivity contribution in [1.82, 2.24) is 15.5 Å². The van der Waals surface area contributed by atoms with Gasteiger partial charge in [0, 0.05) is 50.1 Å². The van der Waals surface area contributed by atoms with Crippen LogP contribution in [0.1, 0.15) is 22.0 Å². The van der Waals surface area contributed by atoms with Gasteiger partial charge in [-0.15, -0.1) is 23.1 Å². The smallest absolute Gasteiger partial charge is 0.191 e. The number of guanidine groups is 1. The minimum atomic E-state index is 0.296. The highest BCUT2D eigenvalue weighted by Crippen LogP contribution is 2.31. The predicted molar refractivity (Wildman–Crippen MR) is 121 cm³/mol. The van der Waals surface area contributed by atoms with Gasteiger partial charge in [-0.1, -0.05) is 12.1 Å². The van der Waals surface area contributed by atoms with Crippen LogP contribution in [0.25, 0.3) is 0 Å². The maximum Gasteiger partial charge on any atom is 0.191 e. The van der Waals surface area contributed by atoms with E-state index in [1.54, 1.807) is 18.9 Å². The van der Waals surface area contributed by atoms with Gasteiger partial charge in [0.2, 0.25) is 0 Å². The van der Waals surface area contributed by atoms with Gasteiger partial charge in [0.25, 0.3) is 0 Å². The van der Waals surface area contributed by atoms with E-state index < -0.39 is 0 Å². The van der Waals surface area contributed by atoms with Crippen LogP contribution in [-0.2, 0) is 17.7 Å². The highest BCUT2D eigenvalue weighted by molar-refractivity contribution is 7.98. The summed E-state index contributed by atoms with van der Waals surface area (Å²) in [5.41, 5.74) is 2.82. The minimum Gasteiger partial charge on any atom is -0.383 e. The molecule has 152 valence electrons. The molecule has 0 saturated heterocycles. The number of thioether (sulfide) groups is 1. The van der Waals surface area contributed by atoms with Crippen molar-refractivity contribution in [3.05, 3.63) is 51.7 Å². The maximum atomic E-state index is 5.12. The van der Waals surface area contributed by atoms with Gasteiger partial charge in [0.05, 0.1) is 12.6 Å². The van der Waals surface area contributed by atoms with Crippen molar-refractivity contribution in [1.29, 1.82) is 0 Å². The number of nitrogens with one attached hydrogen (secondary N) is 2. The third kappa shape index (κ3) is 5.50. The largest absolute Gasteiger partial charge is 0.383 e. The molecule has 1 aliphatic rings. The summed E-state index contributed by atoms with van der Waals surface area (Å²) in [6, 6.07) is 11.5. The summed E-state index contributed by atoms with van der Waals surface area (Å²) in [6.45, 7) is 4.30. The fourth-order valence-electron chi connectivity index (χ4n) is 3.51. The molecular formula is C21H30N4OS2. The summed E-state index contributed by atoms with van der Waals surface area (Å²) in [6.07, 6.45) is 3.25. The second-order valence-electron chi connectivity index (χ2n) is 6.75. The molecule has 1 aromatic heterocycles. The van der Waals surface area contributed by atoms with Crippen molar-refractivity contribution in [2.45, 2.75) is 23.9 Å². The number of nitrogens with zero attached hydrogens (tertiary/aromatic N) is 2. The Bertz CT molecular complexity index is 760. The lowest BCUT2D eigenvalue weighted by Crippen LogP contribution is -2.44. The second kappa shape index (κ2) is 10.9. The Kier molecular flexibility index (Phi) is 8.21. The van der Waals surface area contributed by atoms with E-state index >= 15 is 0 Å². The van der Waals surface area contributed by atoms with E-state index in [-0.39, 0.29) is 0 Å². The number of benzene rings is 1. The molecule has 2 aromatic rings. The first-order valence-electron chi connectivity index (χ1n) is 9.62. The summed E-state index contributed by atoms with van der Waals surface area (Å²) in [7, 11) is 3.52. The summed E-state index contributed by atoms with van der Waals surface area (Å²) in [4.78, 5) is 9.76. The van der Waals surface area contributed by atoms with Crippen LogP contribution >= 0.6 is 23.1 Å². The Morgan fingerprint density at radius 1 is 1.29 bits per heavy atom. The molecule has 0 bridgehead atoms. The predicted octanol–water partition coefficient (Wildman–Crippen LogP) is 3.38. The summed E-state index contributed by atoms with van der Waals surface area (Å²) in [5.74, 6) is 0.816. The zero-order valence-electron chi connectivity index (χ0n) is 16.9. The maximum absolute atomic E-state index is 5.12. The first-order chi connectivity index (χ1) is 13.7. The average Bonchev–Trinajstić information content (AvgIpc) is 3.21. The zero-order chi connectivity index (χ0) is 19.8. The molecule has 1 atom stereocenters. The standard InChI is InChI=1S/C21H30N4OS2/c1-22-21(23-10-12-26-2)24-14-19(16-4-6-18(27-3)7-5-16)25-11-8-20-17(15-25)9-13-28-20/h4-7,9,13,19H,8,10-12,14-15H2,1-3H3,(H2,22,23,24). The molecule has 1 unspecified atom stereocenters. The number of hydrogen-bond donors (Lipinski definition) is 2. The quantitative estimate of drug-likeness (QED) is 0.298. The van der Waals surface area contributed by atoms with Gasteiger partial charge in [-0.3, -0.25) is 9.89 Å². The van der Waals surface area contributed by atoms with Crippen LogP contribution in [0.3, 0.4) is 0 Å². The summed E-state index contributed by atoms with van der Waals surface area (Å²) < 4.78 is 5.12. The number of thiophene rings is 1. The van der Waals surface area contributed by atoms with Crippen LogP contribution in [0.5, 0.6) is 0 Å². The Morgan fingerprint density at radius 2 is 2.11 bits per heavy atom. The fourth-order valence-corrected chi connectivity index (χ4v) is 4.80. The van der Waals surface area contributed by atoms with Gasteiger partial charge in [-0.05, 0) is 47.4 Å². The van der Waals surface area contributed by atoms with Gasteiger partial charge in [-0.25, -0.2) is 0 Å². The number of rotatable bonds is 8. The van der Waals surface area contributed by atoms with Crippen LogP contribution < -0.4 is 10.6 Å². The lowest BCUT2D eigenvalue weighted by Gasteiger charge is -2.35. The van der Waals surface area contributed by atoms with E-state index in [2.05, 4.69) is 62.5 Å². The Labute approximate surface area is 176 Å². The zero-order valence-corrected chi connectivity index (χ0v) is 18.5. The van der Waals surface area contributed by atoms with Gasteiger partial charge < -0.3 is 15.4 Å². The molecule has 0 aliphatic carbocycles.